The third kappa shape index (κ3) is 2.16. The Morgan fingerprint density at radius 3 is 2.82 bits per heavy atom. The van der Waals surface area contributed by atoms with Crippen molar-refractivity contribution in [3.63, 3.8) is 0 Å². The number of nitrogens with one attached hydrogen (secondary N) is 1. The molecule has 0 aliphatic carbocycles. The van der Waals surface area contributed by atoms with Crippen molar-refractivity contribution in [2.24, 2.45) is 5.84 Å². The minimum Gasteiger partial charge on any atom is -0.303 e. The van der Waals surface area contributed by atoms with E-state index in [0.717, 1.165) is 3.57 Å². The van der Waals surface area contributed by atoms with E-state index in [4.69, 9.17) is 5.84 Å². The van der Waals surface area contributed by atoms with Gasteiger partial charge in [0.1, 0.15) is 6.33 Å². The molecule has 0 aromatic carbocycles. The molecule has 0 bridgehead atoms. The lowest BCUT2D eigenvalue weighted by Gasteiger charge is -2.04. The molecule has 2 aromatic rings. The molecule has 10 heteroatoms. The van der Waals surface area contributed by atoms with E-state index in [1.807, 2.05) is 22.6 Å². The van der Waals surface area contributed by atoms with Crippen molar-refractivity contribution in [2.45, 2.75) is 0 Å². The van der Waals surface area contributed by atoms with Gasteiger partial charge in [-0.05, 0) is 22.6 Å². The molecule has 0 saturated carbocycles. The lowest BCUT2D eigenvalue weighted by Crippen LogP contribution is -2.14. The van der Waals surface area contributed by atoms with Gasteiger partial charge in [-0.1, -0.05) is 0 Å². The fraction of sp³-hybridized carbons (Fsp3) is 0. The summed E-state index contributed by atoms with van der Waals surface area (Å²) in [6, 6.07) is 0. The quantitative estimate of drug-likeness (QED) is 0.358. The van der Waals surface area contributed by atoms with Crippen LogP contribution in [0.5, 0.6) is 0 Å². The Kier molecular flexibility index (Phi) is 3.14. The van der Waals surface area contributed by atoms with E-state index in [2.05, 4.69) is 20.5 Å². The average molecular weight is 347 g/mol. The summed E-state index contributed by atoms with van der Waals surface area (Å²) in [4.78, 5) is 17.9. The first-order valence-corrected chi connectivity index (χ1v) is 5.38. The monoisotopic (exact) mass is 347 g/mol. The van der Waals surface area contributed by atoms with Gasteiger partial charge in [-0.25, -0.2) is 20.5 Å². The van der Waals surface area contributed by atoms with Crippen molar-refractivity contribution in [3.8, 4) is 5.82 Å². The van der Waals surface area contributed by atoms with E-state index in [1.165, 1.54) is 11.0 Å². The molecule has 2 aromatic heterocycles. The Balaban J connectivity index is 2.65. The number of rotatable bonds is 3. The van der Waals surface area contributed by atoms with E-state index in [1.54, 1.807) is 12.4 Å². The smallest absolute Gasteiger partial charge is 0.303 e. The maximum atomic E-state index is 11.0. The number of halogens is 1. The average Bonchev–Trinajstić information content (AvgIpc) is 2.74. The molecule has 88 valence electrons. The van der Waals surface area contributed by atoms with Crippen LogP contribution in [0, 0.1) is 13.7 Å². The van der Waals surface area contributed by atoms with Gasteiger partial charge in [0.2, 0.25) is 11.6 Å². The van der Waals surface area contributed by atoms with Gasteiger partial charge in [-0.2, -0.15) is 5.10 Å². The van der Waals surface area contributed by atoms with Crippen LogP contribution < -0.4 is 11.3 Å². The Bertz CT molecular complexity index is 569. The van der Waals surface area contributed by atoms with E-state index >= 15 is 0 Å². The van der Waals surface area contributed by atoms with Crippen LogP contribution in [0.2, 0.25) is 0 Å². The molecule has 0 radical (unpaired) electrons. The fourth-order valence-corrected chi connectivity index (χ4v) is 1.62. The maximum Gasteiger partial charge on any atom is 0.356 e. The lowest BCUT2D eigenvalue weighted by molar-refractivity contribution is -0.384. The van der Waals surface area contributed by atoms with Gasteiger partial charge in [-0.15, -0.1) is 0 Å². The SMILES string of the molecule is NNc1ncnc(-n2cc(I)cn2)c1[N+](=O)[O-]. The Hall–Kier alpha value is -1.82. The standard InChI is InChI=1S/C7H6IN7O2/c8-4-1-12-14(2-4)7-5(15(16)17)6(13-9)10-3-11-7/h1-3H,9H2,(H,10,11,13). The number of hydrogen-bond donors (Lipinski definition) is 2. The predicted molar refractivity (Wildman–Crippen MR) is 66.3 cm³/mol. The van der Waals surface area contributed by atoms with Gasteiger partial charge in [0.15, 0.2) is 0 Å². The first-order valence-electron chi connectivity index (χ1n) is 4.30. The van der Waals surface area contributed by atoms with Crippen molar-refractivity contribution < 1.29 is 4.92 Å². The lowest BCUT2D eigenvalue weighted by atomic mass is 10.4. The summed E-state index contributed by atoms with van der Waals surface area (Å²) in [5.74, 6) is 5.16. The maximum absolute atomic E-state index is 11.0. The van der Waals surface area contributed by atoms with Crippen LogP contribution in [0.15, 0.2) is 18.7 Å². The van der Waals surface area contributed by atoms with Crippen molar-refractivity contribution in [2.75, 3.05) is 5.43 Å². The molecular formula is C7H6IN7O2. The molecule has 9 nitrogen and oxygen atoms in total. The minimum atomic E-state index is -0.612. The summed E-state index contributed by atoms with van der Waals surface area (Å²) < 4.78 is 2.13. The number of nitrogens with two attached hydrogens (primary N) is 1. The second-order valence-corrected chi connectivity index (χ2v) is 4.14. The van der Waals surface area contributed by atoms with E-state index in [0.29, 0.717) is 0 Å². The molecule has 0 fully saturated rings. The topological polar surface area (TPSA) is 125 Å². The zero-order valence-corrected chi connectivity index (χ0v) is 10.4. The first kappa shape index (κ1) is 11.7. The fourth-order valence-electron chi connectivity index (χ4n) is 1.23. The zero-order chi connectivity index (χ0) is 12.4. The highest BCUT2D eigenvalue weighted by Crippen LogP contribution is 2.26. The molecule has 0 aliphatic heterocycles. The van der Waals surface area contributed by atoms with Crippen LogP contribution in [-0.4, -0.2) is 24.7 Å². The third-order valence-electron chi connectivity index (χ3n) is 1.89. The zero-order valence-electron chi connectivity index (χ0n) is 8.24. The molecule has 0 aliphatic rings. The number of nitrogens with zero attached hydrogens (tertiary/aromatic N) is 5. The van der Waals surface area contributed by atoms with Crippen LogP contribution in [0.4, 0.5) is 11.5 Å². The molecule has 2 heterocycles. The van der Waals surface area contributed by atoms with Gasteiger partial charge in [0, 0.05) is 6.20 Å². The van der Waals surface area contributed by atoms with E-state index < -0.39 is 4.92 Å². The molecule has 0 saturated heterocycles. The van der Waals surface area contributed by atoms with E-state index in [-0.39, 0.29) is 17.3 Å². The summed E-state index contributed by atoms with van der Waals surface area (Å²) >= 11 is 2.04. The van der Waals surface area contributed by atoms with Crippen molar-refractivity contribution >= 4 is 34.1 Å². The molecule has 0 spiro atoms. The van der Waals surface area contributed by atoms with Gasteiger partial charge in [-0.3, -0.25) is 10.1 Å². The normalized spacial score (nSPS) is 10.2. The first-order chi connectivity index (χ1) is 8.13. The van der Waals surface area contributed by atoms with Crippen molar-refractivity contribution in [1.82, 2.24) is 19.7 Å². The van der Waals surface area contributed by atoms with Crippen LogP contribution in [0.1, 0.15) is 0 Å². The van der Waals surface area contributed by atoms with Crippen molar-refractivity contribution in [1.29, 1.82) is 0 Å². The van der Waals surface area contributed by atoms with Crippen LogP contribution >= 0.6 is 22.6 Å². The highest BCUT2D eigenvalue weighted by molar-refractivity contribution is 14.1. The number of hydrazine groups is 1. The van der Waals surface area contributed by atoms with Gasteiger partial charge in [0.05, 0.1) is 14.7 Å². The summed E-state index contributed by atoms with van der Waals surface area (Å²) in [7, 11) is 0. The molecule has 0 unspecified atom stereocenters. The van der Waals surface area contributed by atoms with Crippen LogP contribution in [-0.2, 0) is 0 Å². The second kappa shape index (κ2) is 4.58. The third-order valence-corrected chi connectivity index (χ3v) is 2.45. The molecule has 2 rings (SSSR count). The second-order valence-electron chi connectivity index (χ2n) is 2.90. The Morgan fingerprint density at radius 1 is 1.53 bits per heavy atom. The van der Waals surface area contributed by atoms with Gasteiger partial charge >= 0.3 is 5.69 Å². The molecule has 3 N–H and O–H groups in total. The highest BCUT2D eigenvalue weighted by atomic mass is 127. The predicted octanol–water partition coefficient (Wildman–Crippen LogP) is 0.461. The summed E-state index contributed by atoms with van der Waals surface area (Å²) in [5, 5.41) is 14.9. The Morgan fingerprint density at radius 2 is 2.29 bits per heavy atom. The number of nitro groups is 1. The van der Waals surface area contributed by atoms with E-state index in [9.17, 15) is 10.1 Å². The molecule has 0 amide bonds. The Labute approximate surface area is 108 Å². The van der Waals surface area contributed by atoms with Gasteiger partial charge < -0.3 is 5.43 Å². The molecule has 0 atom stereocenters. The largest absolute Gasteiger partial charge is 0.356 e. The molecule has 17 heavy (non-hydrogen) atoms. The summed E-state index contributed by atoms with van der Waals surface area (Å²) in [6.07, 6.45) is 4.34. The number of aromatic nitrogens is 4. The van der Waals surface area contributed by atoms with Crippen molar-refractivity contribution in [3.05, 3.63) is 32.4 Å². The highest BCUT2D eigenvalue weighted by Gasteiger charge is 2.24. The summed E-state index contributed by atoms with van der Waals surface area (Å²) in [5.41, 5.74) is 1.83. The van der Waals surface area contributed by atoms with Crippen LogP contribution in [0.3, 0.4) is 0 Å². The minimum absolute atomic E-state index is 0.0564. The number of anilines is 1. The number of hydrogen-bond acceptors (Lipinski definition) is 7. The van der Waals surface area contributed by atoms with Gasteiger partial charge in [0.25, 0.3) is 0 Å². The van der Waals surface area contributed by atoms with Crippen LogP contribution in [0.25, 0.3) is 5.82 Å². The molecular weight excluding hydrogens is 341 g/mol. The number of nitrogen functional groups attached to an aromatic ring is 1. The summed E-state index contributed by atoms with van der Waals surface area (Å²) in [6.45, 7) is 0.